The zero-order chi connectivity index (χ0) is 15.0. The molecule has 2 N–H and O–H groups in total. The molecule has 1 saturated carbocycles. The second-order valence-corrected chi connectivity index (χ2v) is 5.84. The third kappa shape index (κ3) is 3.16. The predicted octanol–water partition coefficient (Wildman–Crippen LogP) is 2.77. The number of benzene rings is 1. The molecule has 1 aromatic rings. The Bertz CT molecular complexity index is 508. The first-order valence-electron chi connectivity index (χ1n) is 7.31. The van der Waals surface area contributed by atoms with E-state index < -0.39 is 11.7 Å². The van der Waals surface area contributed by atoms with Crippen LogP contribution in [0.3, 0.4) is 0 Å². The summed E-state index contributed by atoms with van der Waals surface area (Å²) in [6.45, 7) is 3.28. The predicted molar refractivity (Wildman–Crippen MR) is 73.0 cm³/mol. The number of piperazine rings is 1. The summed E-state index contributed by atoms with van der Waals surface area (Å²) in [7, 11) is 0. The molecule has 0 amide bonds. The molecule has 1 aromatic carbocycles. The Balaban J connectivity index is 1.94. The number of nitrogens with zero attached hydrogens (tertiary/aromatic N) is 1. The lowest BCUT2D eigenvalue weighted by molar-refractivity contribution is -0.137. The van der Waals surface area contributed by atoms with Crippen LogP contribution in [0.4, 0.5) is 13.2 Å². The zero-order valence-corrected chi connectivity index (χ0v) is 11.7. The molecular weight excluding hydrogens is 281 g/mol. The van der Waals surface area contributed by atoms with Crippen LogP contribution in [-0.2, 0) is 6.18 Å². The lowest BCUT2D eigenvalue weighted by Crippen LogP contribution is -2.45. The molecule has 2 aliphatic rings. The molecule has 6 heteroatoms. The van der Waals surface area contributed by atoms with Crippen molar-refractivity contribution in [2.75, 3.05) is 26.2 Å². The highest BCUT2D eigenvalue weighted by molar-refractivity contribution is 5.40. The molecular formula is C15H19F3N2O. The number of nitrogens with one attached hydrogen (secondary N) is 1. The number of phenolic OH excluding ortho intramolecular Hbond substituents is 1. The van der Waals surface area contributed by atoms with Gasteiger partial charge in [-0.05, 0) is 37.0 Å². The van der Waals surface area contributed by atoms with Crippen molar-refractivity contribution in [3.8, 4) is 5.75 Å². The second-order valence-electron chi connectivity index (χ2n) is 5.84. The van der Waals surface area contributed by atoms with Crippen LogP contribution in [0.2, 0.25) is 0 Å². The summed E-state index contributed by atoms with van der Waals surface area (Å²) in [4.78, 5) is 2.20. The van der Waals surface area contributed by atoms with Gasteiger partial charge in [0.2, 0.25) is 0 Å². The highest BCUT2D eigenvalue weighted by Crippen LogP contribution is 2.47. The number of aromatic hydroxyl groups is 1. The van der Waals surface area contributed by atoms with Crippen LogP contribution >= 0.6 is 0 Å². The summed E-state index contributed by atoms with van der Waals surface area (Å²) >= 11 is 0. The van der Waals surface area contributed by atoms with Gasteiger partial charge in [-0.1, -0.05) is 0 Å². The fraction of sp³-hybridized carbons (Fsp3) is 0.600. The Morgan fingerprint density at radius 2 is 1.86 bits per heavy atom. The van der Waals surface area contributed by atoms with Crippen molar-refractivity contribution in [1.82, 2.24) is 10.2 Å². The molecule has 1 atom stereocenters. The molecule has 3 rings (SSSR count). The van der Waals surface area contributed by atoms with Crippen LogP contribution in [0.25, 0.3) is 0 Å². The minimum atomic E-state index is -4.37. The number of hydrogen-bond acceptors (Lipinski definition) is 3. The van der Waals surface area contributed by atoms with Crippen molar-refractivity contribution >= 4 is 0 Å². The van der Waals surface area contributed by atoms with E-state index in [-0.39, 0.29) is 11.8 Å². The maximum absolute atomic E-state index is 12.9. The van der Waals surface area contributed by atoms with Gasteiger partial charge in [-0.25, -0.2) is 0 Å². The smallest absolute Gasteiger partial charge is 0.416 e. The lowest BCUT2D eigenvalue weighted by Gasteiger charge is -2.36. The molecule has 3 nitrogen and oxygen atoms in total. The SMILES string of the molecule is Oc1ccc(C(F)(F)F)cc1[C@H](C1CC1)N1CCNCC1. The van der Waals surface area contributed by atoms with Crippen LogP contribution in [0.1, 0.15) is 30.0 Å². The highest BCUT2D eigenvalue weighted by Gasteiger charge is 2.39. The third-order valence-electron chi connectivity index (χ3n) is 4.29. The normalized spacial score (nSPS) is 22.2. The van der Waals surface area contributed by atoms with E-state index in [2.05, 4.69) is 10.2 Å². The quantitative estimate of drug-likeness (QED) is 0.901. The van der Waals surface area contributed by atoms with E-state index in [1.54, 1.807) is 0 Å². The molecule has 0 bridgehead atoms. The first-order chi connectivity index (χ1) is 9.97. The van der Waals surface area contributed by atoms with Gasteiger partial charge in [-0.2, -0.15) is 13.2 Å². The summed E-state index contributed by atoms with van der Waals surface area (Å²) in [6.07, 6.45) is -2.34. The van der Waals surface area contributed by atoms with E-state index in [1.807, 2.05) is 0 Å². The maximum Gasteiger partial charge on any atom is 0.416 e. The Hall–Kier alpha value is -1.27. The molecule has 0 aromatic heterocycles. The molecule has 0 radical (unpaired) electrons. The monoisotopic (exact) mass is 300 g/mol. The summed E-state index contributed by atoms with van der Waals surface area (Å²) < 4.78 is 38.8. The molecule has 1 aliphatic heterocycles. The van der Waals surface area contributed by atoms with Crippen molar-refractivity contribution < 1.29 is 18.3 Å². The third-order valence-corrected chi connectivity index (χ3v) is 4.29. The minimum Gasteiger partial charge on any atom is -0.508 e. The van der Waals surface area contributed by atoms with Crippen LogP contribution in [0.15, 0.2) is 18.2 Å². The zero-order valence-electron chi connectivity index (χ0n) is 11.7. The van der Waals surface area contributed by atoms with Crippen LogP contribution in [-0.4, -0.2) is 36.2 Å². The van der Waals surface area contributed by atoms with Crippen LogP contribution in [0.5, 0.6) is 5.75 Å². The van der Waals surface area contributed by atoms with Gasteiger partial charge in [-0.15, -0.1) is 0 Å². The minimum absolute atomic E-state index is 0.0292. The summed E-state index contributed by atoms with van der Waals surface area (Å²) in [5, 5.41) is 13.3. The molecule has 0 spiro atoms. The highest BCUT2D eigenvalue weighted by atomic mass is 19.4. The Morgan fingerprint density at radius 3 is 2.43 bits per heavy atom. The number of hydrogen-bond donors (Lipinski definition) is 2. The van der Waals surface area contributed by atoms with Gasteiger partial charge in [0, 0.05) is 37.8 Å². The maximum atomic E-state index is 12.9. The number of phenols is 1. The molecule has 1 heterocycles. The standard InChI is InChI=1S/C15H19F3N2O/c16-15(17,18)11-3-4-13(21)12(9-11)14(10-1-2-10)20-7-5-19-6-8-20/h3-4,9-10,14,19,21H,1-2,5-8H2/t14-/m0/s1. The number of alkyl halides is 3. The van der Waals surface area contributed by atoms with Crippen LogP contribution < -0.4 is 5.32 Å². The molecule has 2 fully saturated rings. The van der Waals surface area contributed by atoms with Crippen molar-refractivity contribution in [3.05, 3.63) is 29.3 Å². The molecule has 1 saturated heterocycles. The van der Waals surface area contributed by atoms with E-state index in [0.717, 1.165) is 51.2 Å². The van der Waals surface area contributed by atoms with Crippen molar-refractivity contribution in [3.63, 3.8) is 0 Å². The number of rotatable bonds is 3. The Morgan fingerprint density at radius 1 is 1.19 bits per heavy atom. The summed E-state index contributed by atoms with van der Waals surface area (Å²) in [5.74, 6) is 0.330. The fourth-order valence-corrected chi connectivity index (χ4v) is 3.09. The molecule has 0 unspecified atom stereocenters. The molecule has 1 aliphatic carbocycles. The van der Waals surface area contributed by atoms with Gasteiger partial charge in [-0.3, -0.25) is 4.90 Å². The first-order valence-corrected chi connectivity index (χ1v) is 7.31. The van der Waals surface area contributed by atoms with Gasteiger partial charge in [0.05, 0.1) is 5.56 Å². The van der Waals surface area contributed by atoms with E-state index in [1.165, 1.54) is 6.07 Å². The van der Waals surface area contributed by atoms with Gasteiger partial charge in [0.25, 0.3) is 0 Å². The van der Waals surface area contributed by atoms with Crippen molar-refractivity contribution in [2.45, 2.75) is 25.1 Å². The Labute approximate surface area is 121 Å². The van der Waals surface area contributed by atoms with Gasteiger partial charge >= 0.3 is 6.18 Å². The second kappa shape index (κ2) is 5.50. The van der Waals surface area contributed by atoms with Crippen molar-refractivity contribution in [1.29, 1.82) is 0 Å². The molecule has 21 heavy (non-hydrogen) atoms. The fourth-order valence-electron chi connectivity index (χ4n) is 3.09. The largest absolute Gasteiger partial charge is 0.508 e. The average molecular weight is 300 g/mol. The van der Waals surface area contributed by atoms with Crippen LogP contribution in [0, 0.1) is 5.92 Å². The molecule has 116 valence electrons. The van der Waals surface area contributed by atoms with E-state index in [9.17, 15) is 18.3 Å². The van der Waals surface area contributed by atoms with E-state index in [0.29, 0.717) is 11.5 Å². The van der Waals surface area contributed by atoms with Gasteiger partial charge in [0.15, 0.2) is 0 Å². The van der Waals surface area contributed by atoms with E-state index >= 15 is 0 Å². The Kier molecular flexibility index (Phi) is 3.84. The summed E-state index contributed by atoms with van der Waals surface area (Å²) in [5.41, 5.74) is -0.259. The van der Waals surface area contributed by atoms with Crippen molar-refractivity contribution in [2.24, 2.45) is 5.92 Å². The first kappa shape index (κ1) is 14.7. The topological polar surface area (TPSA) is 35.5 Å². The average Bonchev–Trinajstić information content (AvgIpc) is 3.26. The summed E-state index contributed by atoms with van der Waals surface area (Å²) in [6, 6.07) is 3.14. The van der Waals surface area contributed by atoms with Gasteiger partial charge in [0.1, 0.15) is 5.75 Å². The van der Waals surface area contributed by atoms with E-state index in [4.69, 9.17) is 0 Å². The lowest BCUT2D eigenvalue weighted by atomic mass is 9.96. The number of halogens is 3. The van der Waals surface area contributed by atoms with Gasteiger partial charge < -0.3 is 10.4 Å².